The fourth-order valence-corrected chi connectivity index (χ4v) is 2.68. The van der Waals surface area contributed by atoms with Gasteiger partial charge in [0, 0.05) is 16.7 Å². The summed E-state index contributed by atoms with van der Waals surface area (Å²) in [4.78, 5) is 37.3. The van der Waals surface area contributed by atoms with Crippen LogP contribution in [0.15, 0.2) is 42.5 Å². The lowest BCUT2D eigenvalue weighted by Gasteiger charge is -2.20. The van der Waals surface area contributed by atoms with Crippen LogP contribution in [0.3, 0.4) is 0 Å². The third-order valence-corrected chi connectivity index (χ3v) is 3.76. The average molecular weight is 308 g/mol. The van der Waals surface area contributed by atoms with Crippen LogP contribution in [0.5, 0.6) is 0 Å². The number of carbonyl (C=O) groups excluding carboxylic acids is 3. The van der Waals surface area contributed by atoms with E-state index in [1.165, 1.54) is 0 Å². The summed E-state index contributed by atoms with van der Waals surface area (Å²) in [6.07, 6.45) is 0. The number of carbonyl (C=O) groups is 3. The van der Waals surface area contributed by atoms with Gasteiger partial charge in [-0.25, -0.2) is 0 Å². The Kier molecular flexibility index (Phi) is 4.04. The molecule has 2 aromatic rings. The smallest absolute Gasteiger partial charge is 0.238 e. The van der Waals surface area contributed by atoms with Crippen molar-refractivity contribution in [1.82, 2.24) is 5.32 Å². The molecule has 5 heteroatoms. The molecule has 0 fully saturated rings. The molecule has 0 unspecified atom stereocenters. The summed E-state index contributed by atoms with van der Waals surface area (Å²) in [5, 5.41) is 5.63. The van der Waals surface area contributed by atoms with Crippen LogP contribution in [-0.2, 0) is 4.79 Å². The van der Waals surface area contributed by atoms with E-state index in [0.717, 1.165) is 0 Å². The van der Waals surface area contributed by atoms with Gasteiger partial charge in [-0.15, -0.1) is 0 Å². The van der Waals surface area contributed by atoms with Crippen LogP contribution >= 0.6 is 0 Å². The van der Waals surface area contributed by atoms with Crippen LogP contribution in [0, 0.1) is 0 Å². The van der Waals surface area contributed by atoms with Crippen LogP contribution in [0.4, 0.5) is 5.69 Å². The summed E-state index contributed by atoms with van der Waals surface area (Å²) in [7, 11) is 0. The molecular formula is C18H16N2O3. The van der Waals surface area contributed by atoms with E-state index in [-0.39, 0.29) is 29.6 Å². The maximum atomic E-state index is 12.8. The highest BCUT2D eigenvalue weighted by atomic mass is 16.2. The topological polar surface area (TPSA) is 75.3 Å². The molecule has 23 heavy (non-hydrogen) atoms. The monoisotopic (exact) mass is 308 g/mol. The van der Waals surface area contributed by atoms with Gasteiger partial charge in [0.15, 0.2) is 11.6 Å². The third kappa shape index (κ3) is 2.66. The zero-order valence-corrected chi connectivity index (χ0v) is 12.7. The number of hydrogen-bond donors (Lipinski definition) is 2. The SMILES string of the molecule is CCNCC(=O)Nc1cccc2c1C(=O)c1ccccc1C2=O. The van der Waals surface area contributed by atoms with Crippen LogP contribution in [0.25, 0.3) is 0 Å². The largest absolute Gasteiger partial charge is 0.324 e. The van der Waals surface area contributed by atoms with Crippen LogP contribution in [-0.4, -0.2) is 30.6 Å². The molecule has 3 rings (SSSR count). The van der Waals surface area contributed by atoms with Gasteiger partial charge in [-0.05, 0) is 12.6 Å². The second kappa shape index (κ2) is 6.14. The molecule has 1 aliphatic rings. The van der Waals surface area contributed by atoms with Crippen LogP contribution < -0.4 is 10.6 Å². The van der Waals surface area contributed by atoms with Gasteiger partial charge in [0.25, 0.3) is 0 Å². The van der Waals surface area contributed by atoms with Gasteiger partial charge in [-0.2, -0.15) is 0 Å². The Morgan fingerprint density at radius 1 is 0.913 bits per heavy atom. The first-order valence-corrected chi connectivity index (χ1v) is 7.45. The molecule has 2 aromatic carbocycles. The summed E-state index contributed by atoms with van der Waals surface area (Å²) >= 11 is 0. The van der Waals surface area contributed by atoms with Gasteiger partial charge in [0.05, 0.1) is 17.8 Å². The van der Waals surface area contributed by atoms with Gasteiger partial charge in [-0.3, -0.25) is 14.4 Å². The maximum Gasteiger partial charge on any atom is 0.238 e. The predicted octanol–water partition coefficient (Wildman–Crippen LogP) is 2.01. The second-order valence-corrected chi connectivity index (χ2v) is 5.26. The first-order valence-electron chi connectivity index (χ1n) is 7.45. The molecule has 0 aliphatic heterocycles. The molecule has 1 amide bonds. The lowest BCUT2D eigenvalue weighted by atomic mass is 9.83. The Labute approximate surface area is 133 Å². The van der Waals surface area contributed by atoms with Crippen molar-refractivity contribution in [2.45, 2.75) is 6.92 Å². The minimum atomic E-state index is -0.251. The second-order valence-electron chi connectivity index (χ2n) is 5.26. The molecule has 5 nitrogen and oxygen atoms in total. The Balaban J connectivity index is 2.02. The summed E-state index contributed by atoms with van der Waals surface area (Å²) in [6, 6.07) is 11.7. The number of hydrogen-bond acceptors (Lipinski definition) is 4. The molecule has 1 aliphatic carbocycles. The van der Waals surface area contributed by atoms with Crippen molar-refractivity contribution < 1.29 is 14.4 Å². The van der Waals surface area contributed by atoms with Gasteiger partial charge in [-0.1, -0.05) is 43.3 Å². The summed E-state index contributed by atoms with van der Waals surface area (Å²) in [6.45, 7) is 2.72. The first-order chi connectivity index (χ1) is 11.1. The highest BCUT2D eigenvalue weighted by Crippen LogP contribution is 2.31. The standard InChI is InChI=1S/C18H16N2O3/c1-2-19-10-15(21)20-14-9-5-8-13-16(14)18(23)12-7-4-3-6-11(12)17(13)22/h3-9,19H,2,10H2,1H3,(H,20,21). The molecule has 0 heterocycles. The number of likely N-dealkylation sites (N-methyl/N-ethyl adjacent to an activating group) is 1. The molecule has 2 N–H and O–H groups in total. The Morgan fingerprint density at radius 2 is 1.57 bits per heavy atom. The molecular weight excluding hydrogens is 292 g/mol. The Morgan fingerprint density at radius 3 is 2.26 bits per heavy atom. The molecule has 0 atom stereocenters. The zero-order chi connectivity index (χ0) is 16.4. The van der Waals surface area contributed by atoms with E-state index in [0.29, 0.717) is 28.9 Å². The number of anilines is 1. The minimum Gasteiger partial charge on any atom is -0.324 e. The van der Waals surface area contributed by atoms with Crippen LogP contribution in [0.1, 0.15) is 38.8 Å². The fraction of sp³-hybridized carbons (Fsp3) is 0.167. The van der Waals surface area contributed by atoms with Crippen molar-refractivity contribution in [3.05, 3.63) is 64.7 Å². The van der Waals surface area contributed by atoms with Gasteiger partial charge < -0.3 is 10.6 Å². The van der Waals surface area contributed by atoms with Crippen molar-refractivity contribution in [1.29, 1.82) is 0 Å². The number of ketones is 2. The molecule has 0 saturated heterocycles. The summed E-state index contributed by atoms with van der Waals surface area (Å²) in [5.41, 5.74) is 1.74. The van der Waals surface area contributed by atoms with Crippen molar-refractivity contribution in [2.75, 3.05) is 18.4 Å². The number of rotatable bonds is 4. The molecule has 0 aromatic heterocycles. The number of fused-ring (bicyclic) bond motifs is 2. The Hall–Kier alpha value is -2.79. The summed E-state index contributed by atoms with van der Waals surface area (Å²) in [5.74, 6) is -0.688. The van der Waals surface area contributed by atoms with E-state index in [1.807, 2.05) is 6.92 Å². The van der Waals surface area contributed by atoms with E-state index in [2.05, 4.69) is 10.6 Å². The third-order valence-electron chi connectivity index (χ3n) is 3.76. The quantitative estimate of drug-likeness (QED) is 0.773. The number of nitrogens with one attached hydrogen (secondary N) is 2. The summed E-state index contributed by atoms with van der Waals surface area (Å²) < 4.78 is 0. The molecule has 116 valence electrons. The van der Waals surface area contributed by atoms with E-state index in [9.17, 15) is 14.4 Å². The first kappa shape index (κ1) is 15.1. The van der Waals surface area contributed by atoms with Crippen molar-refractivity contribution in [3.63, 3.8) is 0 Å². The fourth-order valence-electron chi connectivity index (χ4n) is 2.68. The van der Waals surface area contributed by atoms with E-state index >= 15 is 0 Å². The van der Waals surface area contributed by atoms with E-state index in [1.54, 1.807) is 42.5 Å². The van der Waals surface area contributed by atoms with Crippen molar-refractivity contribution in [3.8, 4) is 0 Å². The predicted molar refractivity (Wildman–Crippen MR) is 86.9 cm³/mol. The number of benzene rings is 2. The number of amides is 1. The molecule has 0 bridgehead atoms. The molecule has 0 saturated carbocycles. The van der Waals surface area contributed by atoms with Gasteiger partial charge in [0.1, 0.15) is 0 Å². The molecule has 0 radical (unpaired) electrons. The zero-order valence-electron chi connectivity index (χ0n) is 12.7. The average Bonchev–Trinajstić information content (AvgIpc) is 2.57. The minimum absolute atomic E-state index is 0.152. The van der Waals surface area contributed by atoms with Crippen molar-refractivity contribution in [2.24, 2.45) is 0 Å². The van der Waals surface area contributed by atoms with E-state index in [4.69, 9.17) is 0 Å². The van der Waals surface area contributed by atoms with Gasteiger partial charge >= 0.3 is 0 Å². The lowest BCUT2D eigenvalue weighted by Crippen LogP contribution is -2.29. The lowest BCUT2D eigenvalue weighted by molar-refractivity contribution is -0.115. The molecule has 0 spiro atoms. The maximum absolute atomic E-state index is 12.8. The Bertz CT molecular complexity index is 812. The highest BCUT2D eigenvalue weighted by Gasteiger charge is 2.31. The van der Waals surface area contributed by atoms with Gasteiger partial charge in [0.2, 0.25) is 5.91 Å². The normalized spacial score (nSPS) is 12.6. The highest BCUT2D eigenvalue weighted by molar-refractivity contribution is 6.30. The van der Waals surface area contributed by atoms with Crippen molar-refractivity contribution >= 4 is 23.2 Å². The van der Waals surface area contributed by atoms with Crippen LogP contribution in [0.2, 0.25) is 0 Å². The van der Waals surface area contributed by atoms with E-state index < -0.39 is 0 Å².